The van der Waals surface area contributed by atoms with Gasteiger partial charge in [-0.25, -0.2) is 4.98 Å². The maximum atomic E-state index is 12.6. The van der Waals surface area contributed by atoms with Crippen molar-refractivity contribution in [3.63, 3.8) is 0 Å². The van der Waals surface area contributed by atoms with Crippen LogP contribution in [-0.2, 0) is 22.7 Å². The van der Waals surface area contributed by atoms with Crippen LogP contribution in [0.15, 0.2) is 18.5 Å². The number of rotatable bonds is 3. The third-order valence-corrected chi connectivity index (χ3v) is 5.42. The minimum absolute atomic E-state index is 0. The molecular formula is C18H24Cl3N5O2. The van der Waals surface area contributed by atoms with Crippen molar-refractivity contribution < 1.29 is 9.53 Å². The number of ether oxygens (including phenoxy) is 1. The van der Waals surface area contributed by atoms with Crippen molar-refractivity contribution in [1.82, 2.24) is 14.8 Å². The molecule has 4 rings (SSSR count). The van der Waals surface area contributed by atoms with Crippen LogP contribution in [-0.4, -0.2) is 33.3 Å². The predicted molar refractivity (Wildman–Crippen MR) is 113 cm³/mol. The van der Waals surface area contributed by atoms with E-state index in [1.54, 1.807) is 18.5 Å². The van der Waals surface area contributed by atoms with Gasteiger partial charge in [0.2, 0.25) is 5.91 Å². The van der Waals surface area contributed by atoms with Crippen LogP contribution in [0.25, 0.3) is 11.1 Å². The third kappa shape index (κ3) is 4.78. The van der Waals surface area contributed by atoms with Crippen LogP contribution in [0.4, 0.5) is 5.82 Å². The monoisotopic (exact) mass is 447 g/mol. The summed E-state index contributed by atoms with van der Waals surface area (Å²) in [5.41, 5.74) is 8.69. The van der Waals surface area contributed by atoms with E-state index < -0.39 is 0 Å². The molecule has 10 heteroatoms. The van der Waals surface area contributed by atoms with Gasteiger partial charge in [-0.2, -0.15) is 5.10 Å². The Labute approximate surface area is 181 Å². The maximum Gasteiger partial charge on any atom is 0.228 e. The molecule has 3 N–H and O–H groups in total. The summed E-state index contributed by atoms with van der Waals surface area (Å²) < 4.78 is 7.47. The molecule has 7 nitrogen and oxygen atoms in total. The van der Waals surface area contributed by atoms with E-state index in [4.69, 9.17) is 22.1 Å². The Kier molecular flexibility index (Phi) is 8.09. The quantitative estimate of drug-likeness (QED) is 0.750. The van der Waals surface area contributed by atoms with Gasteiger partial charge in [0.1, 0.15) is 5.82 Å². The minimum atomic E-state index is -0.0583. The van der Waals surface area contributed by atoms with Crippen LogP contribution in [0.2, 0.25) is 5.02 Å². The van der Waals surface area contributed by atoms with Crippen LogP contribution in [0.1, 0.15) is 31.4 Å². The van der Waals surface area contributed by atoms with Crippen LogP contribution in [0, 0.1) is 5.92 Å². The van der Waals surface area contributed by atoms with Crippen molar-refractivity contribution in [3.05, 3.63) is 29.2 Å². The molecular weight excluding hydrogens is 425 g/mol. The smallest absolute Gasteiger partial charge is 0.228 e. The van der Waals surface area contributed by atoms with Crippen molar-refractivity contribution in [1.29, 1.82) is 0 Å². The van der Waals surface area contributed by atoms with Crippen LogP contribution in [0.3, 0.4) is 0 Å². The number of nitrogens with two attached hydrogens (primary N) is 1. The fraction of sp³-hybridized carbons (Fsp3) is 0.500. The third-order valence-electron chi connectivity index (χ3n) is 5.12. The summed E-state index contributed by atoms with van der Waals surface area (Å²) in [6, 6.07) is 1.90. The van der Waals surface area contributed by atoms with Gasteiger partial charge in [0.25, 0.3) is 0 Å². The summed E-state index contributed by atoms with van der Waals surface area (Å²) in [7, 11) is 0. The number of amides is 1. The van der Waals surface area contributed by atoms with Gasteiger partial charge < -0.3 is 15.8 Å². The van der Waals surface area contributed by atoms with Crippen molar-refractivity contribution in [3.8, 4) is 11.1 Å². The molecule has 1 aliphatic heterocycles. The van der Waals surface area contributed by atoms with E-state index in [-0.39, 0.29) is 42.7 Å². The summed E-state index contributed by atoms with van der Waals surface area (Å²) in [5.74, 6) is 0.406. The topological polar surface area (TPSA) is 95.1 Å². The highest BCUT2D eigenvalue weighted by molar-refractivity contribution is 6.33. The number of nitrogens with zero attached hydrogens (tertiary/aromatic N) is 3. The number of aromatic nitrogens is 3. The fourth-order valence-electron chi connectivity index (χ4n) is 3.71. The highest BCUT2D eigenvalue weighted by Gasteiger charge is 2.26. The normalized spacial score (nSPS) is 21.1. The van der Waals surface area contributed by atoms with Gasteiger partial charge in [-0.05, 0) is 25.3 Å². The van der Waals surface area contributed by atoms with E-state index in [2.05, 4.69) is 15.4 Å². The Hall–Kier alpha value is -1.38. The Balaban J connectivity index is 0.00000140. The van der Waals surface area contributed by atoms with E-state index in [1.807, 2.05) is 4.68 Å². The van der Waals surface area contributed by atoms with E-state index >= 15 is 0 Å². The minimum Gasteiger partial charge on any atom is -0.373 e. The first kappa shape index (κ1) is 22.9. The lowest BCUT2D eigenvalue weighted by atomic mass is 9.85. The second-order valence-electron chi connectivity index (χ2n) is 6.94. The highest BCUT2D eigenvalue weighted by Crippen LogP contribution is 2.33. The number of pyridine rings is 1. The second kappa shape index (κ2) is 9.89. The van der Waals surface area contributed by atoms with E-state index in [9.17, 15) is 4.79 Å². The van der Waals surface area contributed by atoms with Gasteiger partial charge in [0.15, 0.2) is 0 Å². The molecule has 0 unspecified atom stereocenters. The lowest BCUT2D eigenvalue weighted by molar-refractivity contribution is -0.120. The number of halogens is 3. The molecule has 1 amide bonds. The van der Waals surface area contributed by atoms with Gasteiger partial charge in [-0.1, -0.05) is 18.0 Å². The zero-order valence-corrected chi connectivity index (χ0v) is 17.7. The molecule has 154 valence electrons. The number of nitrogens with one attached hydrogen (secondary N) is 1. The molecule has 2 atom stereocenters. The summed E-state index contributed by atoms with van der Waals surface area (Å²) >= 11 is 6.36. The molecule has 2 aliphatic rings. The molecule has 28 heavy (non-hydrogen) atoms. The van der Waals surface area contributed by atoms with Crippen molar-refractivity contribution >= 4 is 48.1 Å². The Bertz CT molecular complexity index is 830. The Morgan fingerprint density at radius 2 is 2.11 bits per heavy atom. The number of carbonyl (C=O) groups is 1. The van der Waals surface area contributed by atoms with Crippen LogP contribution < -0.4 is 11.1 Å². The van der Waals surface area contributed by atoms with Gasteiger partial charge in [-0.15, -0.1) is 24.8 Å². The molecule has 0 saturated heterocycles. The lowest BCUT2D eigenvalue weighted by Crippen LogP contribution is -2.34. The SMILES string of the molecule is Cl.Cl.N[C@@H]1CCC[C@H](C(=O)Nc2cc(-c3cnn4c3COCC4)c(Cl)cn2)C1. The predicted octanol–water partition coefficient (Wildman–Crippen LogP) is 3.43. The van der Waals surface area contributed by atoms with Gasteiger partial charge in [0.05, 0.1) is 36.7 Å². The summed E-state index contributed by atoms with van der Waals surface area (Å²) in [6.45, 7) is 1.88. The summed E-state index contributed by atoms with van der Waals surface area (Å²) in [6.07, 6.45) is 6.92. The molecule has 0 bridgehead atoms. The molecule has 1 saturated carbocycles. The molecule has 0 radical (unpaired) electrons. The molecule has 0 spiro atoms. The van der Waals surface area contributed by atoms with Crippen LogP contribution in [0.5, 0.6) is 0 Å². The van der Waals surface area contributed by atoms with E-state index in [0.717, 1.165) is 49.0 Å². The number of anilines is 1. The number of carbonyl (C=O) groups excluding carboxylic acids is 1. The first-order valence-corrected chi connectivity index (χ1v) is 9.34. The first-order valence-electron chi connectivity index (χ1n) is 8.96. The van der Waals surface area contributed by atoms with E-state index in [0.29, 0.717) is 24.1 Å². The average Bonchev–Trinajstić information content (AvgIpc) is 3.07. The number of hydrogen-bond acceptors (Lipinski definition) is 5. The standard InChI is InChI=1S/C18H22ClN5O2.2ClH/c19-15-9-21-17(23-18(25)11-2-1-3-12(20)6-11)7-13(15)14-8-22-24-4-5-26-10-16(14)24;;/h7-9,11-12H,1-6,10,20H2,(H,21,23,25);2*1H/t11-,12+;;/m0../s1. The summed E-state index contributed by atoms with van der Waals surface area (Å²) in [5, 5.41) is 7.84. The largest absolute Gasteiger partial charge is 0.373 e. The van der Waals surface area contributed by atoms with Crippen molar-refractivity contribution in [2.75, 3.05) is 11.9 Å². The first-order chi connectivity index (χ1) is 12.6. The van der Waals surface area contributed by atoms with Crippen LogP contribution >= 0.6 is 36.4 Å². The maximum absolute atomic E-state index is 12.6. The second-order valence-corrected chi connectivity index (χ2v) is 7.35. The zero-order chi connectivity index (χ0) is 18.1. The number of hydrogen-bond donors (Lipinski definition) is 2. The van der Waals surface area contributed by atoms with E-state index in [1.165, 1.54) is 0 Å². The average molecular weight is 449 g/mol. The molecule has 2 aromatic rings. The van der Waals surface area contributed by atoms with Crippen molar-refractivity contribution in [2.24, 2.45) is 11.7 Å². The Morgan fingerprint density at radius 3 is 2.89 bits per heavy atom. The fourth-order valence-corrected chi connectivity index (χ4v) is 3.91. The molecule has 3 heterocycles. The molecule has 1 aliphatic carbocycles. The van der Waals surface area contributed by atoms with Crippen molar-refractivity contribution in [2.45, 2.75) is 44.9 Å². The highest BCUT2D eigenvalue weighted by atomic mass is 35.5. The van der Waals surface area contributed by atoms with Gasteiger partial charge >= 0.3 is 0 Å². The summed E-state index contributed by atoms with van der Waals surface area (Å²) in [4.78, 5) is 16.8. The number of fused-ring (bicyclic) bond motifs is 1. The lowest BCUT2D eigenvalue weighted by Gasteiger charge is -2.25. The Morgan fingerprint density at radius 1 is 1.29 bits per heavy atom. The van der Waals surface area contributed by atoms with Gasteiger partial charge in [0, 0.05) is 29.3 Å². The van der Waals surface area contributed by atoms with Gasteiger partial charge in [-0.3, -0.25) is 9.48 Å². The molecule has 0 aromatic carbocycles. The molecule has 2 aromatic heterocycles. The zero-order valence-electron chi connectivity index (χ0n) is 15.3. The molecule has 1 fully saturated rings.